The summed E-state index contributed by atoms with van der Waals surface area (Å²) in [5.74, 6) is 0.0870. The van der Waals surface area contributed by atoms with Gasteiger partial charge in [-0.1, -0.05) is 78.9 Å². The number of aromatic nitrogens is 3. The van der Waals surface area contributed by atoms with Crippen molar-refractivity contribution >= 4 is 5.78 Å². The monoisotopic (exact) mass is 465 g/mol. The van der Waals surface area contributed by atoms with Gasteiger partial charge in [-0.25, -0.2) is 0 Å². The molecule has 0 fully saturated rings. The summed E-state index contributed by atoms with van der Waals surface area (Å²) in [4.78, 5) is 12.6. The lowest BCUT2D eigenvalue weighted by atomic mass is 10.0. The predicted octanol–water partition coefficient (Wildman–Crippen LogP) is 2.44. The second-order valence-corrected chi connectivity index (χ2v) is 7.99. The average molecular weight is 466 g/mol. The Labute approximate surface area is 205 Å². The fraction of sp³-hybridized carbons (Fsp3) is 0.0690. The summed E-state index contributed by atoms with van der Waals surface area (Å²) in [6.07, 6.45) is 5.76. The topological polar surface area (TPSA) is 38.8 Å². The van der Waals surface area contributed by atoms with Crippen LogP contribution >= 0.6 is 0 Å². The Morgan fingerprint density at radius 1 is 0.765 bits per heavy atom. The van der Waals surface area contributed by atoms with E-state index in [1.807, 2.05) is 76.4 Å². The van der Waals surface area contributed by atoms with Gasteiger partial charge in [-0.15, -0.1) is 0 Å². The van der Waals surface area contributed by atoms with Crippen LogP contribution in [0.25, 0.3) is 22.4 Å². The maximum absolute atomic E-state index is 12.6. The number of benzene rings is 3. The molecule has 2 heterocycles. The molecule has 0 spiro atoms. The van der Waals surface area contributed by atoms with Crippen LogP contribution in [0.3, 0.4) is 0 Å². The van der Waals surface area contributed by atoms with Gasteiger partial charge in [0.1, 0.15) is 0 Å². The number of carbonyl (C=O) groups excluding carboxylic acids is 1. The van der Waals surface area contributed by atoms with Gasteiger partial charge in [-0.2, -0.15) is 9.67 Å². The van der Waals surface area contributed by atoms with E-state index in [0.29, 0.717) is 13.1 Å². The summed E-state index contributed by atoms with van der Waals surface area (Å²) in [7, 11) is 0. The van der Waals surface area contributed by atoms with Gasteiger partial charge < -0.3 is 12.4 Å². The third kappa shape index (κ3) is 5.30. The molecule has 0 radical (unpaired) electrons. The van der Waals surface area contributed by atoms with Crippen LogP contribution in [0.2, 0.25) is 0 Å². The fourth-order valence-electron chi connectivity index (χ4n) is 4.01. The summed E-state index contributed by atoms with van der Waals surface area (Å²) in [5, 5.41) is 4.57. The highest BCUT2D eigenvalue weighted by molar-refractivity contribution is 5.94. The molecular formula is C29H24ClN3O. The molecule has 0 aliphatic rings. The van der Waals surface area contributed by atoms with Crippen molar-refractivity contribution < 1.29 is 21.8 Å². The molecular weight excluding hydrogens is 442 g/mol. The Morgan fingerprint density at radius 2 is 1.47 bits per heavy atom. The third-order valence-corrected chi connectivity index (χ3v) is 5.66. The number of hydrogen-bond acceptors (Lipinski definition) is 2. The van der Waals surface area contributed by atoms with E-state index in [0.717, 1.165) is 16.8 Å². The molecule has 0 saturated carbocycles. The van der Waals surface area contributed by atoms with E-state index in [9.17, 15) is 4.79 Å². The molecule has 0 amide bonds. The van der Waals surface area contributed by atoms with E-state index >= 15 is 0 Å². The maximum atomic E-state index is 12.6. The van der Waals surface area contributed by atoms with E-state index in [-0.39, 0.29) is 18.2 Å². The molecule has 5 heteroatoms. The van der Waals surface area contributed by atoms with Crippen LogP contribution in [0.1, 0.15) is 15.9 Å². The smallest absolute Gasteiger partial charge is 0.227 e. The van der Waals surface area contributed by atoms with Gasteiger partial charge >= 0.3 is 0 Å². The van der Waals surface area contributed by atoms with E-state index < -0.39 is 0 Å². The fourth-order valence-corrected chi connectivity index (χ4v) is 4.01. The van der Waals surface area contributed by atoms with Gasteiger partial charge in [0.2, 0.25) is 12.3 Å². The number of hydrogen-bond donors (Lipinski definition) is 0. The molecule has 4 nitrogen and oxygen atoms in total. The zero-order valence-electron chi connectivity index (χ0n) is 18.6. The molecule has 34 heavy (non-hydrogen) atoms. The van der Waals surface area contributed by atoms with Crippen LogP contribution in [-0.2, 0) is 13.1 Å². The molecule has 3 aromatic carbocycles. The predicted molar refractivity (Wildman–Crippen MR) is 130 cm³/mol. The van der Waals surface area contributed by atoms with Crippen molar-refractivity contribution in [3.63, 3.8) is 0 Å². The van der Waals surface area contributed by atoms with Gasteiger partial charge in [-0.3, -0.25) is 9.48 Å². The van der Waals surface area contributed by atoms with Crippen LogP contribution in [0.4, 0.5) is 0 Å². The number of Topliss-reactive ketones (excluding diaryl/α,β-unsaturated/α-hetero) is 1. The Bertz CT molecular complexity index is 1380. The van der Waals surface area contributed by atoms with Crippen LogP contribution in [0, 0.1) is 0 Å². The zero-order valence-corrected chi connectivity index (χ0v) is 19.3. The van der Waals surface area contributed by atoms with Crippen molar-refractivity contribution in [2.24, 2.45) is 0 Å². The first kappa shape index (κ1) is 23.1. The highest BCUT2D eigenvalue weighted by Crippen LogP contribution is 2.22. The number of nitrogens with zero attached hydrogens (tertiary/aromatic N) is 3. The normalized spacial score (nSPS) is 10.5. The lowest BCUT2D eigenvalue weighted by Crippen LogP contribution is -3.00. The second-order valence-electron chi connectivity index (χ2n) is 7.99. The quantitative estimate of drug-likeness (QED) is 0.273. The number of ketones is 1. The van der Waals surface area contributed by atoms with Crippen molar-refractivity contribution in [2.45, 2.75) is 13.1 Å². The summed E-state index contributed by atoms with van der Waals surface area (Å²) < 4.78 is 3.93. The number of rotatable bonds is 7. The maximum Gasteiger partial charge on any atom is 0.227 e. The molecule has 0 unspecified atom stereocenters. The van der Waals surface area contributed by atoms with E-state index in [2.05, 4.69) is 59.7 Å². The van der Waals surface area contributed by atoms with Crippen LogP contribution in [-0.4, -0.2) is 15.6 Å². The minimum Gasteiger partial charge on any atom is -1.00 e. The highest BCUT2D eigenvalue weighted by Gasteiger charge is 2.15. The number of pyridine rings is 1. The summed E-state index contributed by atoms with van der Waals surface area (Å²) in [6.45, 7) is 0.964. The van der Waals surface area contributed by atoms with Gasteiger partial charge in [0.25, 0.3) is 0 Å². The molecule has 0 N–H and O–H groups in total. The molecule has 168 valence electrons. The van der Waals surface area contributed by atoms with Gasteiger partial charge in [0.05, 0.1) is 17.8 Å². The molecule has 5 rings (SSSR count). The third-order valence-electron chi connectivity index (χ3n) is 5.66. The Kier molecular flexibility index (Phi) is 7.31. The molecule has 0 aliphatic heterocycles. The largest absolute Gasteiger partial charge is 1.00 e. The van der Waals surface area contributed by atoms with E-state index in [1.165, 1.54) is 16.7 Å². The number of carbonyl (C=O) groups is 1. The van der Waals surface area contributed by atoms with Crippen molar-refractivity contribution in [1.29, 1.82) is 0 Å². The van der Waals surface area contributed by atoms with Crippen LogP contribution in [0.15, 0.2) is 122 Å². The molecule has 2 aromatic heterocycles. The SMILES string of the molecule is O=C(C[n+]1cccc(-c2ccnn2Cc2cccc(-c3ccccc3)c2)c1)c1ccccc1.[Cl-]. The van der Waals surface area contributed by atoms with Crippen molar-refractivity contribution in [2.75, 3.05) is 0 Å². The van der Waals surface area contributed by atoms with Crippen molar-refractivity contribution in [1.82, 2.24) is 9.78 Å². The lowest BCUT2D eigenvalue weighted by molar-refractivity contribution is -0.682. The molecule has 0 bridgehead atoms. The van der Waals surface area contributed by atoms with Gasteiger partial charge in [0.15, 0.2) is 12.4 Å². The molecule has 0 atom stereocenters. The van der Waals surface area contributed by atoms with Crippen LogP contribution < -0.4 is 17.0 Å². The highest BCUT2D eigenvalue weighted by atomic mass is 35.5. The summed E-state index contributed by atoms with van der Waals surface area (Å²) in [5.41, 5.74) is 6.34. The number of halogens is 1. The summed E-state index contributed by atoms with van der Waals surface area (Å²) >= 11 is 0. The van der Waals surface area contributed by atoms with Crippen LogP contribution in [0.5, 0.6) is 0 Å². The first-order valence-electron chi connectivity index (χ1n) is 11.0. The Balaban J connectivity index is 0.00000274. The van der Waals surface area contributed by atoms with Gasteiger partial charge in [-0.05, 0) is 34.9 Å². The Hall–Kier alpha value is -4.02. The summed E-state index contributed by atoms with van der Waals surface area (Å²) in [6, 6.07) is 34.4. The molecule has 5 aromatic rings. The van der Waals surface area contributed by atoms with E-state index in [4.69, 9.17) is 0 Å². The van der Waals surface area contributed by atoms with Crippen molar-refractivity contribution in [3.05, 3.63) is 133 Å². The Morgan fingerprint density at radius 3 is 2.26 bits per heavy atom. The van der Waals surface area contributed by atoms with E-state index in [1.54, 1.807) is 0 Å². The lowest BCUT2D eigenvalue weighted by Gasteiger charge is -2.09. The van der Waals surface area contributed by atoms with Gasteiger partial charge in [0, 0.05) is 17.8 Å². The van der Waals surface area contributed by atoms with Crippen molar-refractivity contribution in [3.8, 4) is 22.4 Å². The second kappa shape index (κ2) is 10.7. The average Bonchev–Trinajstić information content (AvgIpc) is 3.33. The standard InChI is InChI=1S/C29H24N3O.ClH/c33-29(25-12-5-2-6-13-25)22-31-18-8-15-27(21-31)28-16-17-30-32(28)20-23-9-7-14-26(19-23)24-10-3-1-4-11-24;/h1-19,21H,20,22H2;1H/q+1;/p-1. The first-order chi connectivity index (χ1) is 16.3. The zero-order chi connectivity index (χ0) is 22.5. The minimum absolute atomic E-state index is 0. The first-order valence-corrected chi connectivity index (χ1v) is 11.0. The molecule has 0 saturated heterocycles. The minimum atomic E-state index is 0. The molecule has 0 aliphatic carbocycles.